The van der Waals surface area contributed by atoms with E-state index in [0.29, 0.717) is 35.5 Å². The lowest BCUT2D eigenvalue weighted by molar-refractivity contribution is 0.0996. The Bertz CT molecular complexity index is 1330. The minimum Gasteiger partial charge on any atom is -0.366 e. The zero-order valence-corrected chi connectivity index (χ0v) is 19.6. The van der Waals surface area contributed by atoms with Crippen molar-refractivity contribution in [3.8, 4) is 11.1 Å². The minimum atomic E-state index is -0.933. The highest BCUT2D eigenvalue weighted by Gasteiger charge is 2.19. The van der Waals surface area contributed by atoms with Gasteiger partial charge in [0.25, 0.3) is 5.91 Å². The molecule has 0 spiro atoms. The molecule has 0 aliphatic heterocycles. The number of nitrogens with two attached hydrogens (primary N) is 2. The lowest BCUT2D eigenvalue weighted by Crippen LogP contribution is -2.19. The van der Waals surface area contributed by atoms with Crippen molar-refractivity contribution in [1.29, 1.82) is 0 Å². The van der Waals surface area contributed by atoms with Crippen molar-refractivity contribution < 1.29 is 18.0 Å². The molecule has 188 valence electrons. The van der Waals surface area contributed by atoms with Gasteiger partial charge in [0.1, 0.15) is 17.5 Å². The molecule has 4 aromatic rings. The van der Waals surface area contributed by atoms with Gasteiger partial charge in [-0.25, -0.2) is 23.1 Å². The number of hydrogen-bond donors (Lipinski definition) is 3. The van der Waals surface area contributed by atoms with Crippen LogP contribution in [0.1, 0.15) is 27.7 Å². The summed E-state index contributed by atoms with van der Waals surface area (Å²) in [6.07, 6.45) is 4.79. The second-order valence-electron chi connectivity index (χ2n) is 7.73. The number of benzene rings is 2. The van der Waals surface area contributed by atoms with Gasteiger partial charge in [0.05, 0.1) is 30.0 Å². The lowest BCUT2D eigenvalue weighted by atomic mass is 9.96. The van der Waals surface area contributed by atoms with Crippen LogP contribution in [-0.4, -0.2) is 37.4 Å². The van der Waals surface area contributed by atoms with Crippen molar-refractivity contribution in [2.45, 2.75) is 19.0 Å². The number of carbonyl (C=O) groups excluding carboxylic acids is 1. The molecule has 13 heteroatoms. The zero-order chi connectivity index (χ0) is 24.9. The predicted molar refractivity (Wildman–Crippen MR) is 129 cm³/mol. The molecule has 0 bridgehead atoms. The van der Waals surface area contributed by atoms with Gasteiger partial charge < -0.3 is 16.8 Å². The number of aromatic nitrogens is 5. The smallest absolute Gasteiger partial charge is 0.251 e. The summed E-state index contributed by atoms with van der Waals surface area (Å²) in [5.41, 5.74) is 12.9. The van der Waals surface area contributed by atoms with E-state index < -0.39 is 29.4 Å². The zero-order valence-electron chi connectivity index (χ0n) is 18.7. The van der Waals surface area contributed by atoms with Crippen molar-refractivity contribution in [1.82, 2.24) is 25.0 Å². The van der Waals surface area contributed by atoms with Crippen LogP contribution in [0.3, 0.4) is 0 Å². The van der Waals surface area contributed by atoms with Crippen LogP contribution in [0.2, 0.25) is 0 Å². The number of anilines is 1. The van der Waals surface area contributed by atoms with Gasteiger partial charge >= 0.3 is 0 Å². The summed E-state index contributed by atoms with van der Waals surface area (Å²) in [6.45, 7) is 0.921. The monoisotopic (exact) mass is 518 g/mol. The first-order valence-electron chi connectivity index (χ1n) is 10.6. The fraction of sp³-hybridized carbons (Fsp3) is 0.174. The number of nitrogens with zero attached hydrogens (tertiary/aromatic N) is 5. The average Bonchev–Trinajstić information content (AvgIpc) is 3.32. The molecule has 1 atom stereocenters. The maximum absolute atomic E-state index is 14.0. The summed E-state index contributed by atoms with van der Waals surface area (Å²) in [5.74, 6) is -2.90. The fourth-order valence-electron chi connectivity index (χ4n) is 3.58. The number of nitrogens with one attached hydrogen (secondary N) is 1. The third-order valence-electron chi connectivity index (χ3n) is 5.19. The van der Waals surface area contributed by atoms with E-state index in [1.807, 2.05) is 0 Å². The van der Waals surface area contributed by atoms with Gasteiger partial charge in [-0.05, 0) is 41.8 Å². The molecule has 2 aromatic heterocycles. The van der Waals surface area contributed by atoms with Crippen molar-refractivity contribution in [2.75, 3.05) is 11.9 Å². The number of rotatable bonds is 9. The Labute approximate surface area is 210 Å². The number of primary amides is 1. The largest absolute Gasteiger partial charge is 0.366 e. The third kappa shape index (κ3) is 6.34. The molecular weight excluding hydrogens is 497 g/mol. The van der Waals surface area contributed by atoms with E-state index in [2.05, 4.69) is 25.6 Å². The molecule has 2 aromatic carbocycles. The lowest BCUT2D eigenvalue weighted by Gasteiger charge is -2.18. The Hall–Kier alpha value is -4.03. The van der Waals surface area contributed by atoms with Gasteiger partial charge in [0, 0.05) is 30.6 Å². The van der Waals surface area contributed by atoms with E-state index >= 15 is 0 Å². The van der Waals surface area contributed by atoms with Crippen molar-refractivity contribution in [3.63, 3.8) is 0 Å². The first-order valence-corrected chi connectivity index (χ1v) is 10.6. The van der Waals surface area contributed by atoms with Crippen LogP contribution in [0.25, 0.3) is 11.1 Å². The van der Waals surface area contributed by atoms with E-state index in [9.17, 15) is 18.0 Å². The maximum Gasteiger partial charge on any atom is 0.251 e. The third-order valence-corrected chi connectivity index (χ3v) is 5.19. The number of hydrogen-bond acceptors (Lipinski definition) is 7. The Morgan fingerprint density at radius 1 is 1.11 bits per heavy atom. The van der Waals surface area contributed by atoms with E-state index in [-0.39, 0.29) is 30.3 Å². The van der Waals surface area contributed by atoms with Gasteiger partial charge in [-0.2, -0.15) is 0 Å². The van der Waals surface area contributed by atoms with Gasteiger partial charge in [-0.15, -0.1) is 17.5 Å². The highest BCUT2D eigenvalue weighted by atomic mass is 35.5. The van der Waals surface area contributed by atoms with Crippen LogP contribution in [0.4, 0.5) is 19.1 Å². The molecule has 9 nitrogen and oxygen atoms in total. The van der Waals surface area contributed by atoms with E-state index in [4.69, 9.17) is 11.5 Å². The van der Waals surface area contributed by atoms with Gasteiger partial charge in [-0.3, -0.25) is 9.48 Å². The molecule has 36 heavy (non-hydrogen) atoms. The van der Waals surface area contributed by atoms with Gasteiger partial charge in [0.15, 0.2) is 0 Å². The highest BCUT2D eigenvalue weighted by Crippen LogP contribution is 2.29. The molecule has 0 saturated heterocycles. The topological polar surface area (TPSA) is 138 Å². The van der Waals surface area contributed by atoms with Crippen LogP contribution in [0.5, 0.6) is 0 Å². The number of amides is 1. The summed E-state index contributed by atoms with van der Waals surface area (Å²) in [7, 11) is 0. The van der Waals surface area contributed by atoms with Gasteiger partial charge in [0.2, 0.25) is 5.95 Å². The Kier molecular flexibility index (Phi) is 8.56. The molecule has 0 radical (unpaired) electrons. The molecular formula is C23H22ClF3N8O. The summed E-state index contributed by atoms with van der Waals surface area (Å²) < 4.78 is 43.0. The number of halogens is 4. The van der Waals surface area contributed by atoms with Crippen LogP contribution in [0, 0.1) is 17.5 Å². The normalized spacial score (nSPS) is 11.6. The summed E-state index contributed by atoms with van der Waals surface area (Å²) in [6, 6.07) is 6.16. The molecule has 4 rings (SSSR count). The predicted octanol–water partition coefficient (Wildman–Crippen LogP) is 3.03. The van der Waals surface area contributed by atoms with Crippen LogP contribution in [0.15, 0.2) is 55.0 Å². The quantitative estimate of drug-likeness (QED) is 0.309. The molecule has 1 unspecified atom stereocenters. The minimum absolute atomic E-state index is 0. The molecule has 5 N–H and O–H groups in total. The fourth-order valence-corrected chi connectivity index (χ4v) is 3.58. The Balaban J connectivity index is 0.00000361. The molecule has 1 amide bonds. The molecule has 0 fully saturated rings. The molecule has 0 aliphatic carbocycles. The second kappa shape index (κ2) is 11.6. The van der Waals surface area contributed by atoms with E-state index in [1.165, 1.54) is 30.5 Å². The van der Waals surface area contributed by atoms with Crippen LogP contribution in [-0.2, 0) is 13.0 Å². The van der Waals surface area contributed by atoms with Crippen molar-refractivity contribution in [2.24, 2.45) is 11.5 Å². The molecule has 2 heterocycles. The van der Waals surface area contributed by atoms with Crippen molar-refractivity contribution >= 4 is 24.3 Å². The maximum atomic E-state index is 14.0. The van der Waals surface area contributed by atoms with Gasteiger partial charge in [-0.1, -0.05) is 11.3 Å². The van der Waals surface area contributed by atoms with Crippen LogP contribution >= 0.6 is 12.4 Å². The van der Waals surface area contributed by atoms with Crippen LogP contribution < -0.4 is 16.8 Å². The second-order valence-corrected chi connectivity index (χ2v) is 7.73. The highest BCUT2D eigenvalue weighted by molar-refractivity contribution is 5.94. The standard InChI is InChI=1S/C23H21F3N8O.ClH/c24-15-7-13(8-16(25)11-15)9-20(27)21-18(14-1-2-19(26)17(10-14)22(28)35)12-30-23(32-21)29-3-5-34-6-4-31-33-34;/h1-2,4,6-8,10-12,20H,3,5,9,27H2,(H2,28,35)(H,29,30,32);1H. The summed E-state index contributed by atoms with van der Waals surface area (Å²) >= 11 is 0. The first-order chi connectivity index (χ1) is 16.8. The average molecular weight is 519 g/mol. The summed E-state index contributed by atoms with van der Waals surface area (Å²) in [4.78, 5) is 20.4. The SMILES string of the molecule is Cl.NC(=O)c1cc(-c2cnc(NCCn3ccnn3)nc2C(N)Cc2cc(F)cc(F)c2)ccc1F. The number of carbonyl (C=O) groups is 1. The van der Waals surface area contributed by atoms with E-state index in [0.717, 1.165) is 12.1 Å². The van der Waals surface area contributed by atoms with E-state index in [1.54, 1.807) is 17.1 Å². The summed E-state index contributed by atoms with van der Waals surface area (Å²) in [5, 5.41) is 10.7. The molecule has 0 aliphatic rings. The Morgan fingerprint density at radius 2 is 1.86 bits per heavy atom. The first kappa shape index (κ1) is 26.6. The molecule has 0 saturated carbocycles. The Morgan fingerprint density at radius 3 is 2.53 bits per heavy atom. The van der Waals surface area contributed by atoms with Crippen molar-refractivity contribution in [3.05, 3.63) is 89.3 Å².